The van der Waals surface area contributed by atoms with Gasteiger partial charge in [-0.1, -0.05) is 54.1 Å². The first-order valence-electron chi connectivity index (χ1n) is 10.8. The first-order chi connectivity index (χ1) is 15.6. The Bertz CT molecular complexity index is 1140. The topological polar surface area (TPSA) is 79.0 Å². The lowest BCUT2D eigenvalue weighted by Crippen LogP contribution is -2.40. The molecule has 33 heavy (non-hydrogen) atoms. The molecule has 0 aliphatic carbocycles. The van der Waals surface area contributed by atoms with Crippen molar-refractivity contribution in [3.8, 4) is 5.75 Å². The molecule has 0 fully saturated rings. The molecule has 0 spiro atoms. The van der Waals surface area contributed by atoms with Crippen LogP contribution in [0.15, 0.2) is 72.8 Å². The predicted molar refractivity (Wildman–Crippen MR) is 134 cm³/mol. The minimum Gasteiger partial charge on any atom is -0.497 e. The summed E-state index contributed by atoms with van der Waals surface area (Å²) in [5, 5.41) is 6.06. The standard InChI is InChI=1S/C26H28N4O2.ClH/c1-18-7-9-19(10-8-18)15-16-27-26(31)30-24(17-20-11-13-21(32-2)14-12-20)25-28-22-5-3-4-6-23(22)29-25;/h3-14,24H,15-17H2,1-2H3,(H,28,29)(H2,27,30,31);1H/t24-;/m1./s1. The molecule has 1 atom stereocenters. The second-order valence-electron chi connectivity index (χ2n) is 7.88. The highest BCUT2D eigenvalue weighted by atomic mass is 35.5. The highest BCUT2D eigenvalue weighted by Crippen LogP contribution is 2.21. The van der Waals surface area contributed by atoms with Crippen LogP contribution in [0.5, 0.6) is 5.75 Å². The van der Waals surface area contributed by atoms with Gasteiger partial charge in [-0.2, -0.15) is 0 Å². The molecule has 0 aliphatic heterocycles. The molecule has 0 saturated carbocycles. The molecule has 3 N–H and O–H groups in total. The van der Waals surface area contributed by atoms with Crippen LogP contribution in [0.2, 0.25) is 0 Å². The number of aromatic amines is 1. The van der Waals surface area contributed by atoms with E-state index in [0.29, 0.717) is 13.0 Å². The zero-order chi connectivity index (χ0) is 22.3. The summed E-state index contributed by atoms with van der Waals surface area (Å²) in [5.74, 6) is 1.53. The normalized spacial score (nSPS) is 11.5. The van der Waals surface area contributed by atoms with Gasteiger partial charge in [0, 0.05) is 6.54 Å². The summed E-state index contributed by atoms with van der Waals surface area (Å²) >= 11 is 0. The molecule has 4 rings (SSSR count). The number of nitrogens with one attached hydrogen (secondary N) is 3. The van der Waals surface area contributed by atoms with Crippen LogP contribution in [0.25, 0.3) is 11.0 Å². The number of aryl methyl sites for hydroxylation is 1. The van der Waals surface area contributed by atoms with Crippen molar-refractivity contribution in [2.45, 2.75) is 25.8 Å². The fourth-order valence-corrected chi connectivity index (χ4v) is 3.64. The fraction of sp³-hybridized carbons (Fsp3) is 0.231. The number of benzene rings is 3. The van der Waals surface area contributed by atoms with Gasteiger partial charge in [-0.05, 0) is 55.2 Å². The van der Waals surface area contributed by atoms with Crippen LogP contribution >= 0.6 is 12.4 Å². The number of hydrogen-bond acceptors (Lipinski definition) is 3. The Morgan fingerprint density at radius 1 is 1.00 bits per heavy atom. The van der Waals surface area contributed by atoms with Gasteiger partial charge in [0.1, 0.15) is 11.6 Å². The van der Waals surface area contributed by atoms with Crippen LogP contribution in [0.4, 0.5) is 4.79 Å². The van der Waals surface area contributed by atoms with Crippen LogP contribution in [0, 0.1) is 6.92 Å². The molecular formula is C26H29ClN4O2. The van der Waals surface area contributed by atoms with Gasteiger partial charge in [0.05, 0.1) is 24.2 Å². The van der Waals surface area contributed by atoms with Crippen LogP contribution in [-0.2, 0) is 12.8 Å². The molecule has 4 aromatic rings. The number of para-hydroxylation sites is 2. The number of aromatic nitrogens is 2. The van der Waals surface area contributed by atoms with E-state index in [4.69, 9.17) is 9.72 Å². The molecule has 6 nitrogen and oxygen atoms in total. The number of methoxy groups -OCH3 is 1. The van der Waals surface area contributed by atoms with Gasteiger partial charge in [-0.15, -0.1) is 12.4 Å². The number of carbonyl (C=O) groups excluding carboxylic acids is 1. The molecule has 0 saturated heterocycles. The van der Waals surface area contributed by atoms with Crippen molar-refractivity contribution in [3.63, 3.8) is 0 Å². The second kappa shape index (κ2) is 11.4. The summed E-state index contributed by atoms with van der Waals surface area (Å²) in [7, 11) is 1.65. The van der Waals surface area contributed by atoms with Gasteiger partial charge in [0.15, 0.2) is 0 Å². The summed E-state index contributed by atoms with van der Waals surface area (Å²) < 4.78 is 5.25. The molecule has 0 bridgehead atoms. The quantitative estimate of drug-likeness (QED) is 0.338. The van der Waals surface area contributed by atoms with Gasteiger partial charge in [-0.25, -0.2) is 9.78 Å². The Morgan fingerprint density at radius 3 is 2.39 bits per heavy atom. The minimum atomic E-state index is -0.296. The Morgan fingerprint density at radius 2 is 1.70 bits per heavy atom. The number of halogens is 1. The monoisotopic (exact) mass is 464 g/mol. The smallest absolute Gasteiger partial charge is 0.315 e. The van der Waals surface area contributed by atoms with E-state index < -0.39 is 0 Å². The third kappa shape index (κ3) is 6.49. The zero-order valence-electron chi connectivity index (χ0n) is 18.8. The van der Waals surface area contributed by atoms with Crippen molar-refractivity contribution >= 4 is 29.5 Å². The number of amides is 2. The Labute approximate surface area is 200 Å². The van der Waals surface area contributed by atoms with Crippen molar-refractivity contribution in [1.29, 1.82) is 0 Å². The van der Waals surface area contributed by atoms with Gasteiger partial charge >= 0.3 is 6.03 Å². The molecule has 0 radical (unpaired) electrons. The van der Waals surface area contributed by atoms with Gasteiger partial charge in [-0.3, -0.25) is 0 Å². The molecule has 7 heteroatoms. The first-order valence-corrected chi connectivity index (χ1v) is 10.8. The number of hydrogen-bond donors (Lipinski definition) is 3. The summed E-state index contributed by atoms with van der Waals surface area (Å²) in [5.41, 5.74) is 5.33. The summed E-state index contributed by atoms with van der Waals surface area (Å²) in [6.07, 6.45) is 1.39. The average Bonchev–Trinajstić information content (AvgIpc) is 3.25. The molecule has 3 aromatic carbocycles. The number of rotatable bonds is 8. The zero-order valence-corrected chi connectivity index (χ0v) is 19.6. The van der Waals surface area contributed by atoms with Gasteiger partial charge < -0.3 is 20.4 Å². The lowest BCUT2D eigenvalue weighted by molar-refractivity contribution is 0.236. The van der Waals surface area contributed by atoms with Crippen molar-refractivity contribution in [1.82, 2.24) is 20.6 Å². The molecule has 2 amide bonds. The fourth-order valence-electron chi connectivity index (χ4n) is 3.64. The van der Waals surface area contributed by atoms with Crippen molar-refractivity contribution < 1.29 is 9.53 Å². The Hall–Kier alpha value is -3.51. The molecule has 0 unspecified atom stereocenters. The Kier molecular flexibility index (Phi) is 8.33. The number of urea groups is 1. The molecule has 0 aliphatic rings. The SMILES string of the molecule is COc1ccc(C[C@@H](NC(=O)NCCc2ccc(C)cc2)c2nc3ccccc3[nH]2)cc1.Cl. The van der Waals surface area contributed by atoms with E-state index in [2.05, 4.69) is 46.8 Å². The summed E-state index contributed by atoms with van der Waals surface area (Å²) in [6.45, 7) is 2.63. The van der Waals surface area contributed by atoms with E-state index in [1.807, 2.05) is 48.5 Å². The highest BCUT2D eigenvalue weighted by molar-refractivity contribution is 5.85. The lowest BCUT2D eigenvalue weighted by Gasteiger charge is -2.18. The number of H-pyrrole nitrogens is 1. The largest absolute Gasteiger partial charge is 0.497 e. The summed E-state index contributed by atoms with van der Waals surface area (Å²) in [6, 6.07) is 23.6. The first kappa shape index (κ1) is 24.1. The van der Waals surface area contributed by atoms with Crippen molar-refractivity contribution in [2.24, 2.45) is 0 Å². The van der Waals surface area contributed by atoms with Crippen LogP contribution in [0.3, 0.4) is 0 Å². The highest BCUT2D eigenvalue weighted by Gasteiger charge is 2.19. The number of carbonyl (C=O) groups is 1. The van der Waals surface area contributed by atoms with Crippen LogP contribution < -0.4 is 15.4 Å². The van der Waals surface area contributed by atoms with E-state index in [0.717, 1.165) is 34.6 Å². The maximum Gasteiger partial charge on any atom is 0.315 e. The van der Waals surface area contributed by atoms with E-state index in [-0.39, 0.29) is 24.5 Å². The number of nitrogens with zero attached hydrogens (tertiary/aromatic N) is 1. The number of ether oxygens (including phenoxy) is 1. The number of fused-ring (bicyclic) bond motifs is 1. The van der Waals surface area contributed by atoms with Gasteiger partial charge in [0.2, 0.25) is 0 Å². The van der Waals surface area contributed by atoms with E-state index in [1.165, 1.54) is 11.1 Å². The maximum atomic E-state index is 12.7. The molecular weight excluding hydrogens is 436 g/mol. The number of imidazole rings is 1. The van der Waals surface area contributed by atoms with Crippen LogP contribution in [-0.4, -0.2) is 29.7 Å². The van der Waals surface area contributed by atoms with Crippen molar-refractivity contribution in [3.05, 3.63) is 95.3 Å². The third-order valence-corrected chi connectivity index (χ3v) is 5.46. The third-order valence-electron chi connectivity index (χ3n) is 5.46. The lowest BCUT2D eigenvalue weighted by atomic mass is 10.1. The van der Waals surface area contributed by atoms with E-state index in [9.17, 15) is 4.79 Å². The molecule has 1 aromatic heterocycles. The minimum absolute atomic E-state index is 0. The van der Waals surface area contributed by atoms with Crippen LogP contribution in [0.1, 0.15) is 28.6 Å². The summed E-state index contributed by atoms with van der Waals surface area (Å²) in [4.78, 5) is 20.8. The molecule has 1 heterocycles. The van der Waals surface area contributed by atoms with Gasteiger partial charge in [0.25, 0.3) is 0 Å². The maximum absolute atomic E-state index is 12.7. The average molecular weight is 465 g/mol. The molecule has 172 valence electrons. The predicted octanol–water partition coefficient (Wildman–Crippen LogP) is 5.13. The van der Waals surface area contributed by atoms with Crippen molar-refractivity contribution in [2.75, 3.05) is 13.7 Å². The Balaban J connectivity index is 0.00000306. The second-order valence-corrected chi connectivity index (χ2v) is 7.88. The van der Waals surface area contributed by atoms with E-state index >= 15 is 0 Å². The van der Waals surface area contributed by atoms with E-state index in [1.54, 1.807) is 7.11 Å².